The molecule has 0 aromatic heterocycles. The van der Waals surface area contributed by atoms with Gasteiger partial charge in [-0.05, 0) is 78.4 Å². The van der Waals surface area contributed by atoms with Gasteiger partial charge >= 0.3 is 6.18 Å². The van der Waals surface area contributed by atoms with E-state index >= 15 is 0 Å². The van der Waals surface area contributed by atoms with E-state index in [1.54, 1.807) is 19.1 Å². The van der Waals surface area contributed by atoms with E-state index in [0.29, 0.717) is 29.5 Å². The molecule has 150 valence electrons. The third-order valence-corrected chi connectivity index (χ3v) is 5.03. The summed E-state index contributed by atoms with van der Waals surface area (Å²) < 4.78 is 38.3. The van der Waals surface area contributed by atoms with Crippen molar-refractivity contribution < 1.29 is 23.1 Å². The number of aromatic hydroxyl groups is 1. The molecule has 0 amide bonds. The van der Waals surface area contributed by atoms with Gasteiger partial charge in [0.15, 0.2) is 5.78 Å². The van der Waals surface area contributed by atoms with E-state index in [-0.39, 0.29) is 11.5 Å². The topological polar surface area (TPSA) is 37.3 Å². The Kier molecular flexibility index (Phi) is 5.78. The van der Waals surface area contributed by atoms with Crippen molar-refractivity contribution in [1.82, 2.24) is 0 Å². The van der Waals surface area contributed by atoms with Gasteiger partial charge in [-0.3, -0.25) is 4.79 Å². The van der Waals surface area contributed by atoms with Crippen LogP contribution in [0.15, 0.2) is 60.7 Å². The fourth-order valence-corrected chi connectivity index (χ4v) is 3.19. The minimum absolute atomic E-state index is 0.0209. The van der Waals surface area contributed by atoms with Crippen LogP contribution < -0.4 is 0 Å². The van der Waals surface area contributed by atoms with Crippen LogP contribution in [0.5, 0.6) is 5.75 Å². The maximum absolute atomic E-state index is 12.8. The van der Waals surface area contributed by atoms with E-state index in [2.05, 4.69) is 0 Å². The number of ketones is 1. The van der Waals surface area contributed by atoms with Gasteiger partial charge in [0.25, 0.3) is 0 Å². The average molecular weight is 398 g/mol. The summed E-state index contributed by atoms with van der Waals surface area (Å²) in [5, 5.41) is 9.60. The highest BCUT2D eigenvalue weighted by molar-refractivity contribution is 5.96. The lowest BCUT2D eigenvalue weighted by Gasteiger charge is -2.11. The highest BCUT2D eigenvalue weighted by atomic mass is 19.4. The standard InChI is InChI=1S/C24H21F3O2/c1-15-3-4-19(17-5-9-21(10-6-17)24(25,26)27)14-18(15)7-12-23(29)20-8-11-22(28)16(2)13-20/h3-6,8-11,13-14,28H,7,12H2,1-2H3. The van der Waals surface area contributed by atoms with E-state index < -0.39 is 11.7 Å². The van der Waals surface area contributed by atoms with Crippen molar-refractivity contribution in [3.8, 4) is 16.9 Å². The Bertz CT molecular complexity index is 1030. The molecule has 0 unspecified atom stereocenters. The van der Waals surface area contributed by atoms with Crippen LogP contribution in [0.4, 0.5) is 13.2 Å². The molecule has 3 rings (SSSR count). The minimum atomic E-state index is -4.36. The number of rotatable bonds is 5. The second-order valence-corrected chi connectivity index (χ2v) is 7.14. The number of benzene rings is 3. The van der Waals surface area contributed by atoms with Crippen molar-refractivity contribution in [2.45, 2.75) is 32.9 Å². The first kappa shape index (κ1) is 20.6. The predicted octanol–water partition coefficient (Wildman–Crippen LogP) is 6.51. The number of Topliss-reactive ketones (excluding diaryl/α,β-unsaturated/α-hetero) is 1. The molecule has 3 aromatic carbocycles. The molecule has 0 spiro atoms. The molecule has 0 atom stereocenters. The molecule has 0 aliphatic heterocycles. The van der Waals surface area contributed by atoms with Crippen LogP contribution in [-0.2, 0) is 12.6 Å². The summed E-state index contributed by atoms with van der Waals surface area (Å²) in [6, 6.07) is 15.6. The monoisotopic (exact) mass is 398 g/mol. The zero-order valence-electron chi connectivity index (χ0n) is 16.2. The molecule has 3 aromatic rings. The minimum Gasteiger partial charge on any atom is -0.508 e. The van der Waals surface area contributed by atoms with E-state index in [1.165, 1.54) is 18.2 Å². The Morgan fingerprint density at radius 3 is 2.14 bits per heavy atom. The van der Waals surface area contributed by atoms with Crippen LogP contribution in [0.2, 0.25) is 0 Å². The second-order valence-electron chi connectivity index (χ2n) is 7.14. The predicted molar refractivity (Wildman–Crippen MR) is 107 cm³/mol. The molecule has 0 aliphatic carbocycles. The molecule has 0 saturated heterocycles. The molecule has 29 heavy (non-hydrogen) atoms. The van der Waals surface area contributed by atoms with Gasteiger partial charge in [0, 0.05) is 12.0 Å². The molecular formula is C24H21F3O2. The smallest absolute Gasteiger partial charge is 0.416 e. The van der Waals surface area contributed by atoms with Gasteiger partial charge < -0.3 is 5.11 Å². The summed E-state index contributed by atoms with van der Waals surface area (Å²) in [5.74, 6) is 0.133. The van der Waals surface area contributed by atoms with Crippen LogP contribution in [0.25, 0.3) is 11.1 Å². The molecule has 0 bridgehead atoms. The maximum Gasteiger partial charge on any atom is 0.416 e. The molecule has 0 saturated carbocycles. The summed E-state index contributed by atoms with van der Waals surface area (Å²) >= 11 is 0. The first-order valence-corrected chi connectivity index (χ1v) is 9.25. The Morgan fingerprint density at radius 1 is 0.862 bits per heavy atom. The number of aryl methyl sites for hydroxylation is 3. The summed E-state index contributed by atoms with van der Waals surface area (Å²) in [5.41, 5.74) is 4.03. The van der Waals surface area contributed by atoms with Crippen LogP contribution in [0, 0.1) is 13.8 Å². The van der Waals surface area contributed by atoms with Gasteiger partial charge in [-0.25, -0.2) is 0 Å². The van der Waals surface area contributed by atoms with Crippen LogP contribution in [-0.4, -0.2) is 10.9 Å². The number of carbonyl (C=O) groups excluding carboxylic acids is 1. The molecule has 2 nitrogen and oxygen atoms in total. The van der Waals surface area contributed by atoms with E-state index in [1.807, 2.05) is 25.1 Å². The molecule has 0 aliphatic rings. The Morgan fingerprint density at radius 2 is 1.52 bits per heavy atom. The maximum atomic E-state index is 12.8. The molecule has 5 heteroatoms. The quantitative estimate of drug-likeness (QED) is 0.498. The number of carbonyl (C=O) groups is 1. The molecular weight excluding hydrogens is 377 g/mol. The first-order valence-electron chi connectivity index (χ1n) is 9.25. The number of alkyl halides is 3. The van der Waals surface area contributed by atoms with Crippen molar-refractivity contribution in [3.63, 3.8) is 0 Å². The zero-order valence-corrected chi connectivity index (χ0v) is 16.2. The van der Waals surface area contributed by atoms with Gasteiger partial charge in [-0.2, -0.15) is 13.2 Å². The molecule has 0 radical (unpaired) electrons. The molecule has 0 heterocycles. The van der Waals surface area contributed by atoms with Crippen molar-refractivity contribution in [3.05, 3.63) is 88.5 Å². The van der Waals surface area contributed by atoms with Crippen molar-refractivity contribution in [1.29, 1.82) is 0 Å². The average Bonchev–Trinajstić information content (AvgIpc) is 2.68. The second kappa shape index (κ2) is 8.11. The Labute approximate surface area is 167 Å². The lowest BCUT2D eigenvalue weighted by Crippen LogP contribution is -2.04. The fourth-order valence-electron chi connectivity index (χ4n) is 3.19. The van der Waals surface area contributed by atoms with Gasteiger partial charge in [0.2, 0.25) is 0 Å². The third kappa shape index (κ3) is 4.86. The SMILES string of the molecule is Cc1cc(C(=O)CCc2cc(-c3ccc(C(F)(F)F)cc3)ccc2C)ccc1O. The largest absolute Gasteiger partial charge is 0.508 e. The van der Waals surface area contributed by atoms with Crippen molar-refractivity contribution in [2.24, 2.45) is 0 Å². The van der Waals surface area contributed by atoms with Gasteiger partial charge in [-0.15, -0.1) is 0 Å². The normalized spacial score (nSPS) is 11.5. The van der Waals surface area contributed by atoms with Crippen LogP contribution in [0.3, 0.4) is 0 Å². The van der Waals surface area contributed by atoms with Crippen LogP contribution in [0.1, 0.15) is 39.0 Å². The Balaban J connectivity index is 1.77. The van der Waals surface area contributed by atoms with Crippen LogP contribution >= 0.6 is 0 Å². The summed E-state index contributed by atoms with van der Waals surface area (Å²) in [4.78, 5) is 12.5. The highest BCUT2D eigenvalue weighted by Crippen LogP contribution is 2.31. The number of hydrogen-bond acceptors (Lipinski definition) is 2. The van der Waals surface area contributed by atoms with Gasteiger partial charge in [-0.1, -0.05) is 30.3 Å². The van der Waals surface area contributed by atoms with Crippen molar-refractivity contribution in [2.75, 3.05) is 0 Å². The van der Waals surface area contributed by atoms with Crippen molar-refractivity contribution >= 4 is 5.78 Å². The first-order chi connectivity index (χ1) is 13.6. The zero-order chi connectivity index (χ0) is 21.2. The van der Waals surface area contributed by atoms with Gasteiger partial charge in [0.05, 0.1) is 5.56 Å². The van der Waals surface area contributed by atoms with E-state index in [0.717, 1.165) is 28.8 Å². The van der Waals surface area contributed by atoms with E-state index in [4.69, 9.17) is 0 Å². The number of hydrogen-bond donors (Lipinski definition) is 1. The number of halogens is 3. The number of phenolic OH excluding ortho intramolecular Hbond substituents is 1. The fraction of sp³-hybridized carbons (Fsp3) is 0.208. The lowest BCUT2D eigenvalue weighted by atomic mass is 9.95. The van der Waals surface area contributed by atoms with Gasteiger partial charge in [0.1, 0.15) is 5.75 Å². The summed E-state index contributed by atoms with van der Waals surface area (Å²) in [6.07, 6.45) is -3.52. The lowest BCUT2D eigenvalue weighted by molar-refractivity contribution is -0.137. The molecule has 1 N–H and O–H groups in total. The third-order valence-electron chi connectivity index (χ3n) is 5.03. The van der Waals surface area contributed by atoms with E-state index in [9.17, 15) is 23.1 Å². The summed E-state index contributed by atoms with van der Waals surface area (Å²) in [6.45, 7) is 3.69. The Hall–Kier alpha value is -3.08. The summed E-state index contributed by atoms with van der Waals surface area (Å²) in [7, 11) is 0. The highest BCUT2D eigenvalue weighted by Gasteiger charge is 2.29. The molecule has 0 fully saturated rings. The number of phenols is 1.